The third kappa shape index (κ3) is 28.3. The fourth-order valence-corrected chi connectivity index (χ4v) is 7.77. The van der Waals surface area contributed by atoms with Crippen LogP contribution in [0.4, 0.5) is 0 Å². The summed E-state index contributed by atoms with van der Waals surface area (Å²) < 4.78 is 0. The molecule has 0 saturated carbocycles. The second-order valence-electron chi connectivity index (χ2n) is 13.3. The molecule has 2 unspecified atom stereocenters. The molecular formula is C49H83BrN5NaO5S2. The molecule has 6 rings (SSSR count). The number of hydrogen-bond donors (Lipinski definition) is 5. The number of carbonyl (C=O) groups is 1. The molecule has 1 aromatic carbocycles. The largest absolute Gasteiger partial charge is 1.00 e. The van der Waals surface area contributed by atoms with Crippen LogP contribution in [-0.2, 0) is 15.0 Å². The van der Waals surface area contributed by atoms with E-state index in [-0.39, 0.29) is 62.8 Å². The number of aliphatic imine (C=N–C) groups is 1. The quantitative estimate of drug-likeness (QED) is 0.0389. The van der Waals surface area contributed by atoms with Crippen LogP contribution in [-0.4, -0.2) is 112 Å². The summed E-state index contributed by atoms with van der Waals surface area (Å²) in [5.74, 6) is 2.71. The van der Waals surface area contributed by atoms with Gasteiger partial charge in [0.2, 0.25) is 0 Å². The smallest absolute Gasteiger partial charge is 1.00 e. The number of hydrogen-bond acceptors (Lipinski definition) is 12. The summed E-state index contributed by atoms with van der Waals surface area (Å²) >= 11 is 6.99. The Morgan fingerprint density at radius 2 is 1.59 bits per heavy atom. The van der Waals surface area contributed by atoms with E-state index in [1.807, 2.05) is 97.7 Å². The average Bonchev–Trinajstić information content (AvgIpc) is 3.36. The molecule has 0 bridgehead atoms. The van der Waals surface area contributed by atoms with Crippen molar-refractivity contribution < 1.29 is 56.1 Å². The van der Waals surface area contributed by atoms with E-state index < -0.39 is 0 Å². The van der Waals surface area contributed by atoms with Crippen molar-refractivity contribution >= 4 is 62.5 Å². The first-order valence-electron chi connectivity index (χ1n) is 22.5. The number of aromatic nitrogens is 1. The number of rotatable bonds is 15. The summed E-state index contributed by atoms with van der Waals surface area (Å²) in [6.07, 6.45) is 28.3. The van der Waals surface area contributed by atoms with E-state index >= 15 is 0 Å². The minimum Gasteiger partial charge on any atom is -1.00 e. The molecule has 10 nitrogen and oxygen atoms in total. The van der Waals surface area contributed by atoms with Crippen molar-refractivity contribution in [1.29, 1.82) is 0 Å². The van der Waals surface area contributed by atoms with Crippen molar-refractivity contribution in [3.8, 4) is 0 Å². The molecule has 2 aliphatic carbocycles. The van der Waals surface area contributed by atoms with Gasteiger partial charge in [-0.2, -0.15) is 23.5 Å². The number of nitrogens with two attached hydrogens (primary N) is 1. The fourth-order valence-electron chi connectivity index (χ4n) is 6.41. The van der Waals surface area contributed by atoms with E-state index in [1.54, 1.807) is 11.8 Å². The van der Waals surface area contributed by atoms with Crippen LogP contribution >= 0.6 is 39.5 Å². The van der Waals surface area contributed by atoms with Gasteiger partial charge in [-0.05, 0) is 86.3 Å². The Hall–Kier alpha value is -1.59. The summed E-state index contributed by atoms with van der Waals surface area (Å²) in [7, 11) is 0. The number of nitrogens with zero attached hydrogens (tertiary/aromatic N) is 3. The minimum atomic E-state index is -0.0694. The molecule has 14 heteroatoms. The van der Waals surface area contributed by atoms with Crippen molar-refractivity contribution in [1.82, 2.24) is 15.2 Å². The average molecular weight is 989 g/mol. The van der Waals surface area contributed by atoms with Gasteiger partial charge in [0.25, 0.3) is 0 Å². The SMILES string of the molecule is BrCc1ccc2ccccc2n1.CC.CC.CC.CC.CSCCC(CO)N(CC1=NC2=CC=CC[C@H]2CC1)C[C@@H]1C=CC2=CC=CC[C@@H]2N1.CSCCC(N)CO.O=COO.[H-].[Na+]. The minimum absolute atomic E-state index is 0. The molecule has 4 aliphatic rings. The Bertz CT molecular complexity index is 1600. The zero-order valence-electron chi connectivity index (χ0n) is 41.5. The number of carbonyl (C=O) groups excluding carboxylic acids is 1. The Morgan fingerprint density at radius 3 is 2.21 bits per heavy atom. The first-order valence-corrected chi connectivity index (χ1v) is 26.4. The maximum absolute atomic E-state index is 10.2. The van der Waals surface area contributed by atoms with Gasteiger partial charge >= 0.3 is 36.0 Å². The summed E-state index contributed by atoms with van der Waals surface area (Å²) in [5, 5.41) is 31.4. The van der Waals surface area contributed by atoms with Crippen LogP contribution < -0.4 is 40.6 Å². The van der Waals surface area contributed by atoms with Crippen LogP contribution in [0.3, 0.4) is 0 Å². The number of halogens is 1. The third-order valence-electron chi connectivity index (χ3n) is 9.41. The monoisotopic (exact) mass is 987 g/mol. The summed E-state index contributed by atoms with van der Waals surface area (Å²) in [4.78, 5) is 23.5. The van der Waals surface area contributed by atoms with Gasteiger partial charge in [-0.25, -0.2) is 5.26 Å². The van der Waals surface area contributed by atoms with Crippen LogP contribution in [0.15, 0.2) is 101 Å². The Kier molecular flexibility index (Phi) is 47.5. The van der Waals surface area contributed by atoms with Gasteiger partial charge in [-0.15, -0.1) is 0 Å². The number of nitrogens with one attached hydrogen (secondary N) is 1. The zero-order valence-corrected chi connectivity index (χ0v) is 45.7. The van der Waals surface area contributed by atoms with Crippen molar-refractivity contribution in [2.45, 2.75) is 123 Å². The van der Waals surface area contributed by atoms with Crippen molar-refractivity contribution in [3.63, 3.8) is 0 Å². The van der Waals surface area contributed by atoms with Gasteiger partial charge in [0.15, 0.2) is 0 Å². The number of pyridine rings is 1. The predicted octanol–water partition coefficient (Wildman–Crippen LogP) is 7.92. The van der Waals surface area contributed by atoms with Crippen molar-refractivity contribution in [3.05, 3.63) is 102 Å². The number of alkyl halides is 1. The van der Waals surface area contributed by atoms with Gasteiger partial charge in [-0.3, -0.25) is 19.7 Å². The molecule has 3 heterocycles. The number of fused-ring (bicyclic) bond motifs is 3. The van der Waals surface area contributed by atoms with Gasteiger partial charge in [0.05, 0.1) is 24.4 Å². The number of aliphatic hydroxyl groups excluding tert-OH is 2. The number of benzene rings is 1. The van der Waals surface area contributed by atoms with E-state index in [0.717, 1.165) is 73.2 Å². The Labute approximate surface area is 423 Å². The van der Waals surface area contributed by atoms with E-state index in [9.17, 15) is 5.11 Å². The van der Waals surface area contributed by atoms with E-state index in [1.165, 1.54) is 28.8 Å². The molecule has 0 radical (unpaired) electrons. The molecule has 0 spiro atoms. The molecule has 63 heavy (non-hydrogen) atoms. The van der Waals surface area contributed by atoms with Crippen molar-refractivity contribution in [2.24, 2.45) is 16.6 Å². The number of allylic oxidation sites excluding steroid dienone is 6. The number of thioether (sulfide) groups is 2. The second-order valence-corrected chi connectivity index (χ2v) is 15.8. The fraction of sp³-hybridized carbons (Fsp3) is 0.571. The van der Waals surface area contributed by atoms with E-state index in [4.69, 9.17) is 25.9 Å². The van der Waals surface area contributed by atoms with Gasteiger partial charge in [0, 0.05) is 65.3 Å². The number of aliphatic hydroxyl groups is 2. The molecule has 0 amide bonds. The van der Waals surface area contributed by atoms with E-state index in [0.29, 0.717) is 18.0 Å². The Morgan fingerprint density at radius 1 is 0.952 bits per heavy atom. The predicted molar refractivity (Wildman–Crippen MR) is 278 cm³/mol. The van der Waals surface area contributed by atoms with Crippen molar-refractivity contribution in [2.75, 3.05) is 50.3 Å². The van der Waals surface area contributed by atoms with Crippen LogP contribution in [0.1, 0.15) is 101 Å². The Balaban J connectivity index is -0.000000438. The van der Waals surface area contributed by atoms with Gasteiger partial charge < -0.3 is 27.6 Å². The van der Waals surface area contributed by atoms with Crippen LogP contribution in [0.25, 0.3) is 10.9 Å². The van der Waals surface area contributed by atoms with Gasteiger partial charge in [-0.1, -0.05) is 138 Å². The number of para-hydroxylation sites is 1. The van der Waals surface area contributed by atoms with E-state index in [2.05, 4.69) is 103 Å². The van der Waals surface area contributed by atoms with Crippen LogP contribution in [0.5, 0.6) is 0 Å². The first kappa shape index (κ1) is 65.7. The zero-order chi connectivity index (χ0) is 47.0. The summed E-state index contributed by atoms with van der Waals surface area (Å²) in [6.45, 7) is 18.0. The standard InChI is InChI=1S/C25H35N3OS.C10H8BrN.C5H13NOS.4C2H6.CH2O3.Na.H/c1-30-15-14-23(18-29)28(16-21-12-10-19-6-2-4-8-24(19)26-21)17-22-13-11-20-7-3-5-9-25(20)27-22;11-7-9-6-5-8-3-1-2-4-10(8)12-9;1-8-3-2-5(6)4-7;4*1-2;2-1-4-3;;/h2-6,9-10,12,20-21,23-24,26,29H,7-8,11,13-18H2,1H3;1-6H,7H2;5,7H,2-4,6H2,1H3;4*1-2H3;1,3H;;/q;;;;;;;;+1;-1/t20-,21-,23?,24-;;;;;;;;;/m0........./s1. The third-order valence-corrected chi connectivity index (χ3v) is 11.3. The van der Waals surface area contributed by atoms with Crippen LogP contribution in [0.2, 0.25) is 0 Å². The summed E-state index contributed by atoms with van der Waals surface area (Å²) in [6, 6.07) is 13.1. The second kappa shape index (κ2) is 45.6. The topological polar surface area (TPSA) is 154 Å². The maximum Gasteiger partial charge on any atom is 1.00 e. The van der Waals surface area contributed by atoms with Gasteiger partial charge in [0.1, 0.15) is 0 Å². The summed E-state index contributed by atoms with van der Waals surface area (Å²) in [5.41, 5.74) is 11.4. The molecule has 2 aliphatic heterocycles. The molecule has 0 saturated heterocycles. The molecule has 1 aromatic heterocycles. The molecule has 0 fully saturated rings. The molecule has 354 valence electrons. The maximum atomic E-state index is 10.2. The molecular weight excluding hydrogens is 906 g/mol. The van der Waals surface area contributed by atoms with Crippen LogP contribution in [0, 0.1) is 5.92 Å². The first-order chi connectivity index (χ1) is 30.4. The molecule has 5 atom stereocenters. The molecule has 6 N–H and O–H groups in total. The molecule has 2 aromatic rings. The normalized spacial score (nSPS) is 18.0.